The topological polar surface area (TPSA) is 54.0 Å². The van der Waals surface area contributed by atoms with Gasteiger partial charge in [0.2, 0.25) is 0 Å². The van der Waals surface area contributed by atoms with Crippen LogP contribution in [0.2, 0.25) is 5.02 Å². The van der Waals surface area contributed by atoms with Crippen LogP contribution in [0, 0.1) is 0 Å². The van der Waals surface area contributed by atoms with Crippen LogP contribution in [0.3, 0.4) is 0 Å². The Morgan fingerprint density at radius 2 is 1.77 bits per heavy atom. The highest BCUT2D eigenvalue weighted by atomic mass is 35.5. The number of nitrogens with zero attached hydrogens (tertiary/aromatic N) is 1. The molecule has 2 aromatic carbocycles. The van der Waals surface area contributed by atoms with E-state index in [1.165, 1.54) is 5.56 Å². The van der Waals surface area contributed by atoms with Crippen molar-refractivity contribution in [3.63, 3.8) is 0 Å². The van der Waals surface area contributed by atoms with Gasteiger partial charge < -0.3 is 10.6 Å². The number of carbonyl (C=O) groups is 1. The number of anilines is 1. The summed E-state index contributed by atoms with van der Waals surface area (Å²) in [5.41, 5.74) is 2.81. The third-order valence-electron chi connectivity index (χ3n) is 3.93. The minimum atomic E-state index is -0.130. The van der Waals surface area contributed by atoms with E-state index >= 15 is 0 Å². The zero-order valence-corrected chi connectivity index (χ0v) is 15.0. The first-order valence-electron chi connectivity index (χ1n) is 8.47. The first-order chi connectivity index (χ1) is 12.7. The van der Waals surface area contributed by atoms with Gasteiger partial charge in [0, 0.05) is 24.3 Å². The number of hydrogen-bond donors (Lipinski definition) is 2. The molecule has 0 aliphatic heterocycles. The number of halogens is 1. The lowest BCUT2D eigenvalue weighted by Gasteiger charge is -2.08. The van der Waals surface area contributed by atoms with Crippen LogP contribution in [0.5, 0.6) is 0 Å². The van der Waals surface area contributed by atoms with E-state index in [2.05, 4.69) is 27.8 Å². The molecule has 0 spiro atoms. The molecule has 2 N–H and O–H groups in total. The third kappa shape index (κ3) is 5.33. The van der Waals surface area contributed by atoms with Gasteiger partial charge in [0.1, 0.15) is 5.82 Å². The van der Waals surface area contributed by atoms with Crippen LogP contribution >= 0.6 is 11.6 Å². The number of rotatable bonds is 7. The van der Waals surface area contributed by atoms with Crippen LogP contribution in [0.1, 0.15) is 21.5 Å². The van der Waals surface area contributed by atoms with E-state index in [0.29, 0.717) is 23.7 Å². The van der Waals surface area contributed by atoms with Gasteiger partial charge in [-0.2, -0.15) is 0 Å². The molecular weight excluding hydrogens is 346 g/mol. The van der Waals surface area contributed by atoms with E-state index in [1.54, 1.807) is 12.3 Å². The second-order valence-electron chi connectivity index (χ2n) is 5.91. The molecule has 3 aromatic rings. The highest BCUT2D eigenvalue weighted by molar-refractivity contribution is 6.30. The van der Waals surface area contributed by atoms with Crippen LogP contribution < -0.4 is 10.6 Å². The fraction of sp³-hybridized carbons (Fsp3) is 0.143. The minimum Gasteiger partial charge on any atom is -0.366 e. The molecular formula is C21H20ClN3O. The van der Waals surface area contributed by atoms with Crippen molar-refractivity contribution in [2.75, 3.05) is 11.9 Å². The number of aromatic nitrogens is 1. The maximum absolute atomic E-state index is 12.2. The summed E-state index contributed by atoms with van der Waals surface area (Å²) in [6, 6.07) is 21.3. The summed E-state index contributed by atoms with van der Waals surface area (Å²) in [7, 11) is 0. The Labute approximate surface area is 158 Å². The van der Waals surface area contributed by atoms with Crippen molar-refractivity contribution in [3.8, 4) is 0 Å². The average molecular weight is 366 g/mol. The quantitative estimate of drug-likeness (QED) is 0.655. The molecule has 132 valence electrons. The summed E-state index contributed by atoms with van der Waals surface area (Å²) in [5.74, 6) is 0.610. The Hall–Kier alpha value is -2.85. The molecule has 1 heterocycles. The summed E-state index contributed by atoms with van der Waals surface area (Å²) in [6.45, 7) is 1.24. The zero-order valence-electron chi connectivity index (χ0n) is 14.3. The number of carbonyl (C=O) groups excluding carboxylic acids is 1. The van der Waals surface area contributed by atoms with Crippen molar-refractivity contribution in [2.24, 2.45) is 0 Å². The predicted molar refractivity (Wildman–Crippen MR) is 105 cm³/mol. The molecule has 0 aliphatic carbocycles. The summed E-state index contributed by atoms with van der Waals surface area (Å²) < 4.78 is 0. The molecule has 0 bridgehead atoms. The average Bonchev–Trinajstić information content (AvgIpc) is 2.67. The van der Waals surface area contributed by atoms with Gasteiger partial charge in [-0.15, -0.1) is 0 Å². The smallest absolute Gasteiger partial charge is 0.252 e. The van der Waals surface area contributed by atoms with Crippen LogP contribution in [0.4, 0.5) is 5.82 Å². The van der Waals surface area contributed by atoms with Gasteiger partial charge in [0.25, 0.3) is 5.91 Å². The maximum Gasteiger partial charge on any atom is 0.252 e. The van der Waals surface area contributed by atoms with Crippen molar-refractivity contribution in [1.29, 1.82) is 0 Å². The Bertz CT molecular complexity index is 851. The van der Waals surface area contributed by atoms with Gasteiger partial charge in [-0.25, -0.2) is 4.98 Å². The van der Waals surface area contributed by atoms with Gasteiger partial charge in [0.15, 0.2) is 0 Å². The lowest BCUT2D eigenvalue weighted by atomic mass is 10.1. The van der Waals surface area contributed by atoms with E-state index in [9.17, 15) is 4.79 Å². The molecule has 0 atom stereocenters. The molecule has 0 saturated heterocycles. The third-order valence-corrected chi connectivity index (χ3v) is 4.17. The molecule has 0 aliphatic rings. The SMILES string of the molecule is O=C(NCCc1cccc(Cl)c1)c1ccc(NCc2ccccc2)nc1. The van der Waals surface area contributed by atoms with Crippen LogP contribution in [0.25, 0.3) is 0 Å². The molecule has 1 aromatic heterocycles. The Morgan fingerprint density at radius 1 is 0.962 bits per heavy atom. The van der Waals surface area contributed by atoms with Crippen molar-refractivity contribution in [3.05, 3.63) is 94.6 Å². The van der Waals surface area contributed by atoms with Crippen molar-refractivity contribution in [1.82, 2.24) is 10.3 Å². The second-order valence-corrected chi connectivity index (χ2v) is 6.34. The van der Waals surface area contributed by atoms with E-state index in [1.807, 2.05) is 48.5 Å². The van der Waals surface area contributed by atoms with Crippen LogP contribution in [-0.4, -0.2) is 17.4 Å². The monoisotopic (exact) mass is 365 g/mol. The number of amides is 1. The fourth-order valence-corrected chi connectivity index (χ4v) is 2.75. The van der Waals surface area contributed by atoms with Gasteiger partial charge >= 0.3 is 0 Å². The largest absolute Gasteiger partial charge is 0.366 e. The molecule has 4 nitrogen and oxygen atoms in total. The molecule has 0 radical (unpaired) electrons. The number of hydrogen-bond acceptors (Lipinski definition) is 3. The first kappa shape index (κ1) is 18.0. The molecule has 5 heteroatoms. The fourth-order valence-electron chi connectivity index (χ4n) is 2.54. The van der Waals surface area contributed by atoms with E-state index in [-0.39, 0.29) is 5.91 Å². The number of nitrogens with one attached hydrogen (secondary N) is 2. The summed E-state index contributed by atoms with van der Waals surface area (Å²) in [4.78, 5) is 16.5. The van der Waals surface area contributed by atoms with Crippen molar-refractivity contribution in [2.45, 2.75) is 13.0 Å². The number of pyridine rings is 1. The molecule has 3 rings (SSSR count). The normalized spacial score (nSPS) is 10.3. The molecule has 0 fully saturated rings. The van der Waals surface area contributed by atoms with Crippen LogP contribution in [0.15, 0.2) is 72.9 Å². The van der Waals surface area contributed by atoms with Gasteiger partial charge in [-0.1, -0.05) is 54.1 Å². The minimum absolute atomic E-state index is 0.130. The van der Waals surface area contributed by atoms with Gasteiger partial charge in [-0.05, 0) is 41.8 Å². The van der Waals surface area contributed by atoms with Crippen molar-refractivity contribution >= 4 is 23.3 Å². The predicted octanol–water partition coefficient (Wildman–Crippen LogP) is 4.32. The Kier molecular flexibility index (Phi) is 6.23. The van der Waals surface area contributed by atoms with Crippen molar-refractivity contribution < 1.29 is 4.79 Å². The molecule has 1 amide bonds. The van der Waals surface area contributed by atoms with Gasteiger partial charge in [-0.3, -0.25) is 4.79 Å². The highest BCUT2D eigenvalue weighted by Gasteiger charge is 2.06. The first-order valence-corrected chi connectivity index (χ1v) is 8.85. The Balaban J connectivity index is 1.47. The number of benzene rings is 2. The maximum atomic E-state index is 12.2. The van der Waals surface area contributed by atoms with E-state index in [0.717, 1.165) is 17.8 Å². The Morgan fingerprint density at radius 3 is 2.50 bits per heavy atom. The zero-order chi connectivity index (χ0) is 18.2. The van der Waals surface area contributed by atoms with Gasteiger partial charge in [0.05, 0.1) is 5.56 Å². The second kappa shape index (κ2) is 9.02. The molecule has 0 saturated carbocycles. The standard InChI is InChI=1S/C21H20ClN3O/c22-19-8-4-7-16(13-19)11-12-23-21(26)18-9-10-20(25-15-18)24-14-17-5-2-1-3-6-17/h1-10,13,15H,11-12,14H2,(H,23,26)(H,24,25). The lowest BCUT2D eigenvalue weighted by Crippen LogP contribution is -2.25. The highest BCUT2D eigenvalue weighted by Crippen LogP contribution is 2.11. The van der Waals surface area contributed by atoms with Crippen LogP contribution in [-0.2, 0) is 13.0 Å². The molecule has 26 heavy (non-hydrogen) atoms. The van der Waals surface area contributed by atoms with E-state index in [4.69, 9.17) is 11.6 Å². The summed E-state index contributed by atoms with van der Waals surface area (Å²) >= 11 is 5.96. The lowest BCUT2D eigenvalue weighted by molar-refractivity contribution is 0.0954. The summed E-state index contributed by atoms with van der Waals surface area (Å²) in [6.07, 6.45) is 2.32. The summed E-state index contributed by atoms with van der Waals surface area (Å²) in [5, 5.41) is 6.85. The van der Waals surface area contributed by atoms with E-state index < -0.39 is 0 Å². The molecule has 0 unspecified atom stereocenters.